The molecular formula is C19H33NO2. The number of rotatable bonds is 3. The Bertz CT molecular complexity index is 332. The highest BCUT2D eigenvalue weighted by Crippen LogP contribution is 2.38. The van der Waals surface area contributed by atoms with Crippen molar-refractivity contribution in [2.75, 3.05) is 0 Å². The molecule has 1 N–H and O–H groups in total. The lowest BCUT2D eigenvalue weighted by molar-refractivity contribution is -0.131. The zero-order valence-electron chi connectivity index (χ0n) is 14.2. The molecule has 22 heavy (non-hydrogen) atoms. The lowest BCUT2D eigenvalue weighted by Crippen LogP contribution is -2.49. The van der Waals surface area contributed by atoms with Crippen molar-refractivity contribution in [3.8, 4) is 0 Å². The van der Waals surface area contributed by atoms with E-state index in [2.05, 4.69) is 5.32 Å². The number of carbonyl (C=O) groups is 1. The quantitative estimate of drug-likeness (QED) is 0.848. The van der Waals surface area contributed by atoms with Crippen LogP contribution in [0.3, 0.4) is 0 Å². The van der Waals surface area contributed by atoms with Crippen LogP contribution in [0.2, 0.25) is 0 Å². The van der Waals surface area contributed by atoms with Gasteiger partial charge in [0.15, 0.2) is 0 Å². The van der Waals surface area contributed by atoms with Gasteiger partial charge >= 0.3 is 0 Å². The summed E-state index contributed by atoms with van der Waals surface area (Å²) < 4.78 is 6.63. The molecule has 0 radical (unpaired) electrons. The number of amides is 1. The van der Waals surface area contributed by atoms with Crippen molar-refractivity contribution in [3.63, 3.8) is 0 Å². The maximum absolute atomic E-state index is 11.5. The normalized spacial score (nSPS) is 35.2. The highest BCUT2D eigenvalue weighted by Gasteiger charge is 2.38. The Morgan fingerprint density at radius 3 is 1.68 bits per heavy atom. The van der Waals surface area contributed by atoms with Crippen LogP contribution in [0.5, 0.6) is 0 Å². The summed E-state index contributed by atoms with van der Waals surface area (Å²) in [5, 5.41) is 3.20. The van der Waals surface area contributed by atoms with E-state index in [1.165, 1.54) is 64.2 Å². The molecule has 1 saturated heterocycles. The molecule has 0 aromatic carbocycles. The zero-order chi connectivity index (χ0) is 15.4. The predicted molar refractivity (Wildman–Crippen MR) is 88.6 cm³/mol. The van der Waals surface area contributed by atoms with Crippen LogP contribution in [0.15, 0.2) is 0 Å². The van der Waals surface area contributed by atoms with Crippen molar-refractivity contribution in [2.24, 2.45) is 11.8 Å². The summed E-state index contributed by atoms with van der Waals surface area (Å²) in [5.74, 6) is 1.59. The first kappa shape index (κ1) is 16.3. The van der Waals surface area contributed by atoms with Gasteiger partial charge in [0.05, 0.1) is 12.2 Å². The highest BCUT2D eigenvalue weighted by molar-refractivity contribution is 5.73. The SMILES string of the molecule is CC(=O)NC1C[C@@H](C2CCCCC2)O[C@@H](C2CCCCC2)C1. The van der Waals surface area contributed by atoms with Crippen molar-refractivity contribution in [3.05, 3.63) is 0 Å². The zero-order valence-corrected chi connectivity index (χ0v) is 14.2. The maximum Gasteiger partial charge on any atom is 0.217 e. The lowest BCUT2D eigenvalue weighted by Gasteiger charge is -2.44. The number of hydrogen-bond donors (Lipinski definition) is 1. The molecule has 3 atom stereocenters. The molecule has 3 rings (SSSR count). The van der Waals surface area contributed by atoms with E-state index in [4.69, 9.17) is 4.74 Å². The van der Waals surface area contributed by atoms with Crippen molar-refractivity contribution in [1.82, 2.24) is 5.32 Å². The maximum atomic E-state index is 11.5. The summed E-state index contributed by atoms with van der Waals surface area (Å²) in [6.45, 7) is 1.65. The van der Waals surface area contributed by atoms with Gasteiger partial charge in [-0.05, 0) is 50.4 Å². The minimum absolute atomic E-state index is 0.122. The highest BCUT2D eigenvalue weighted by atomic mass is 16.5. The molecule has 1 aliphatic heterocycles. The van der Waals surface area contributed by atoms with Crippen molar-refractivity contribution >= 4 is 5.91 Å². The Hall–Kier alpha value is -0.570. The fraction of sp³-hybridized carbons (Fsp3) is 0.947. The molecule has 1 amide bonds. The lowest BCUT2D eigenvalue weighted by atomic mass is 9.77. The molecule has 3 fully saturated rings. The second-order valence-corrected chi connectivity index (χ2v) is 7.88. The summed E-state index contributed by atoms with van der Waals surface area (Å²) >= 11 is 0. The Labute approximate surface area is 135 Å². The van der Waals surface area contributed by atoms with Crippen LogP contribution in [0.4, 0.5) is 0 Å². The average molecular weight is 307 g/mol. The second-order valence-electron chi connectivity index (χ2n) is 7.88. The van der Waals surface area contributed by atoms with Crippen LogP contribution in [0.25, 0.3) is 0 Å². The topological polar surface area (TPSA) is 38.3 Å². The molecule has 2 aliphatic carbocycles. The van der Waals surface area contributed by atoms with Gasteiger partial charge in [-0.2, -0.15) is 0 Å². The van der Waals surface area contributed by atoms with E-state index in [1.54, 1.807) is 6.92 Å². The van der Waals surface area contributed by atoms with E-state index in [0.717, 1.165) is 24.7 Å². The standard InChI is InChI=1S/C19H33NO2/c1-14(21)20-17-12-18(15-8-4-2-5-9-15)22-19(13-17)16-10-6-3-7-11-16/h15-19H,2-13H2,1H3,(H,20,21)/t17?,18-,19+. The monoisotopic (exact) mass is 307 g/mol. The van der Waals surface area contributed by atoms with Gasteiger partial charge < -0.3 is 10.1 Å². The Morgan fingerprint density at radius 2 is 1.27 bits per heavy atom. The fourth-order valence-corrected chi connectivity index (χ4v) is 5.02. The number of carbonyl (C=O) groups excluding carboxylic acids is 1. The van der Waals surface area contributed by atoms with Gasteiger partial charge in [-0.25, -0.2) is 0 Å². The molecule has 3 aliphatic rings. The molecule has 0 aromatic heterocycles. The Balaban J connectivity index is 1.65. The fourth-order valence-electron chi connectivity index (χ4n) is 5.02. The van der Waals surface area contributed by atoms with Crippen LogP contribution in [0, 0.1) is 11.8 Å². The number of ether oxygens (including phenoxy) is 1. The first-order valence-corrected chi connectivity index (χ1v) is 9.65. The van der Waals surface area contributed by atoms with Gasteiger partial charge in [-0.3, -0.25) is 4.79 Å². The molecule has 0 spiro atoms. The van der Waals surface area contributed by atoms with Gasteiger partial charge in [-0.1, -0.05) is 38.5 Å². The number of hydrogen-bond acceptors (Lipinski definition) is 2. The van der Waals surface area contributed by atoms with Gasteiger partial charge in [0.1, 0.15) is 0 Å². The third kappa shape index (κ3) is 4.24. The average Bonchev–Trinajstić information content (AvgIpc) is 2.55. The second kappa shape index (κ2) is 7.81. The van der Waals surface area contributed by atoms with Crippen LogP contribution < -0.4 is 5.32 Å². The molecule has 126 valence electrons. The van der Waals surface area contributed by atoms with E-state index >= 15 is 0 Å². The van der Waals surface area contributed by atoms with E-state index in [1.807, 2.05) is 0 Å². The smallest absolute Gasteiger partial charge is 0.217 e. The van der Waals surface area contributed by atoms with Crippen LogP contribution >= 0.6 is 0 Å². The molecule has 1 unspecified atom stereocenters. The molecule has 3 heteroatoms. The van der Waals surface area contributed by atoms with Crippen molar-refractivity contribution in [2.45, 2.75) is 102 Å². The molecule has 0 aromatic rings. The third-order valence-electron chi connectivity index (χ3n) is 6.14. The van der Waals surface area contributed by atoms with Gasteiger partial charge in [0.2, 0.25) is 5.91 Å². The van der Waals surface area contributed by atoms with E-state index in [-0.39, 0.29) is 5.91 Å². The Morgan fingerprint density at radius 1 is 0.818 bits per heavy atom. The van der Waals surface area contributed by atoms with Crippen LogP contribution in [-0.4, -0.2) is 24.2 Å². The number of nitrogens with one attached hydrogen (secondary N) is 1. The van der Waals surface area contributed by atoms with Crippen molar-refractivity contribution < 1.29 is 9.53 Å². The first-order valence-electron chi connectivity index (χ1n) is 9.65. The predicted octanol–water partition coefficient (Wildman–Crippen LogP) is 4.20. The van der Waals surface area contributed by atoms with E-state index < -0.39 is 0 Å². The summed E-state index contributed by atoms with van der Waals surface area (Å²) in [7, 11) is 0. The molecule has 1 heterocycles. The van der Waals surface area contributed by atoms with E-state index in [0.29, 0.717) is 18.2 Å². The summed E-state index contributed by atoms with van der Waals surface area (Å²) in [4.78, 5) is 11.5. The molecular weight excluding hydrogens is 274 g/mol. The molecule has 2 saturated carbocycles. The molecule has 0 bridgehead atoms. The minimum Gasteiger partial charge on any atom is -0.374 e. The van der Waals surface area contributed by atoms with Crippen LogP contribution in [-0.2, 0) is 9.53 Å². The summed E-state index contributed by atoms with van der Waals surface area (Å²) in [6, 6.07) is 0.338. The molecule has 3 nitrogen and oxygen atoms in total. The summed E-state index contributed by atoms with van der Waals surface area (Å²) in [5.41, 5.74) is 0. The third-order valence-corrected chi connectivity index (χ3v) is 6.14. The van der Waals surface area contributed by atoms with E-state index in [9.17, 15) is 4.79 Å². The summed E-state index contributed by atoms with van der Waals surface area (Å²) in [6.07, 6.45) is 16.4. The minimum atomic E-state index is 0.122. The van der Waals surface area contributed by atoms with Crippen LogP contribution in [0.1, 0.15) is 84.0 Å². The largest absolute Gasteiger partial charge is 0.374 e. The van der Waals surface area contributed by atoms with Gasteiger partial charge in [-0.15, -0.1) is 0 Å². The first-order chi connectivity index (χ1) is 10.7. The van der Waals surface area contributed by atoms with Gasteiger partial charge in [0.25, 0.3) is 0 Å². The van der Waals surface area contributed by atoms with Crippen molar-refractivity contribution in [1.29, 1.82) is 0 Å². The Kier molecular flexibility index (Phi) is 5.78. The van der Waals surface area contributed by atoms with Gasteiger partial charge in [0, 0.05) is 13.0 Å².